The zero-order valence-corrected chi connectivity index (χ0v) is 21.1. The van der Waals surface area contributed by atoms with Crippen LogP contribution in [0.15, 0.2) is 60.7 Å². The summed E-state index contributed by atoms with van der Waals surface area (Å²) in [5.41, 5.74) is -1.47. The summed E-state index contributed by atoms with van der Waals surface area (Å²) in [7, 11) is 0. The third-order valence-corrected chi connectivity index (χ3v) is 6.49. The van der Waals surface area contributed by atoms with E-state index in [1.165, 1.54) is 54.6 Å². The van der Waals surface area contributed by atoms with Crippen molar-refractivity contribution >= 4 is 34.9 Å². The largest absolute Gasteiger partial charge is 0.457 e. The van der Waals surface area contributed by atoms with Crippen molar-refractivity contribution in [3.05, 3.63) is 104 Å². The zero-order valence-electron chi connectivity index (χ0n) is 20.4. The second-order valence-electron chi connectivity index (χ2n) is 9.50. The van der Waals surface area contributed by atoms with Crippen LogP contribution in [-0.2, 0) is 21.6 Å². The summed E-state index contributed by atoms with van der Waals surface area (Å²) in [5, 5.41) is 25.5. The molecule has 4 rings (SSSR count). The van der Waals surface area contributed by atoms with E-state index < -0.39 is 33.6 Å². The van der Waals surface area contributed by atoms with Crippen molar-refractivity contribution in [2.45, 2.75) is 37.9 Å². The molecule has 0 fully saturated rings. The van der Waals surface area contributed by atoms with Crippen LogP contribution in [-0.4, -0.2) is 27.5 Å². The number of rotatable bonds is 6. The minimum Gasteiger partial charge on any atom is -0.457 e. The minimum atomic E-state index is -2.30. The number of nitrogens with zero attached hydrogens (tertiary/aromatic N) is 1. The molecule has 1 aliphatic rings. The van der Waals surface area contributed by atoms with Crippen LogP contribution in [0.3, 0.4) is 0 Å². The molecule has 1 aliphatic heterocycles. The first kappa shape index (κ1) is 26.8. The Bertz CT molecular complexity index is 1510. The number of hydrogen-bond acceptors (Lipinski definition) is 6. The smallest absolute Gasteiger partial charge is 0.338 e. The number of amides is 1. The number of fused-ring (bicyclic) bond motifs is 1. The van der Waals surface area contributed by atoms with Gasteiger partial charge in [-0.25, -0.2) is 9.18 Å². The number of carbonyl (C=O) groups is 2. The lowest BCUT2D eigenvalue weighted by molar-refractivity contribution is -0.384. The molecule has 0 radical (unpaired) electrons. The molecule has 0 aliphatic carbocycles. The van der Waals surface area contributed by atoms with Gasteiger partial charge in [0.2, 0.25) is 5.60 Å². The number of ether oxygens (including phenoxy) is 1. The average Bonchev–Trinajstić information content (AvgIpc) is 3.24. The topological polar surface area (TPSA) is 119 Å². The Morgan fingerprint density at radius 3 is 2.58 bits per heavy atom. The lowest BCUT2D eigenvalue weighted by Gasteiger charge is -2.33. The molecule has 194 valence electrons. The van der Waals surface area contributed by atoms with Gasteiger partial charge in [0.15, 0.2) is 0 Å². The molecule has 2 N–H and O–H groups in total. The number of cyclic esters (lactones) is 1. The molecule has 10 heteroatoms. The van der Waals surface area contributed by atoms with Crippen LogP contribution in [0.25, 0.3) is 0 Å². The lowest BCUT2D eigenvalue weighted by Crippen LogP contribution is -2.46. The Balaban J connectivity index is 1.70. The van der Waals surface area contributed by atoms with Crippen molar-refractivity contribution < 1.29 is 28.7 Å². The number of esters is 1. The van der Waals surface area contributed by atoms with E-state index in [0.29, 0.717) is 27.9 Å². The Morgan fingerprint density at radius 1 is 1.18 bits per heavy atom. The van der Waals surface area contributed by atoms with Crippen LogP contribution in [0.4, 0.5) is 15.8 Å². The molecule has 0 bridgehead atoms. The van der Waals surface area contributed by atoms with Crippen molar-refractivity contribution in [2.24, 2.45) is 0 Å². The first-order chi connectivity index (χ1) is 17.9. The van der Waals surface area contributed by atoms with Gasteiger partial charge < -0.3 is 15.2 Å². The van der Waals surface area contributed by atoms with Gasteiger partial charge in [0, 0.05) is 40.4 Å². The van der Waals surface area contributed by atoms with Crippen molar-refractivity contribution in [2.75, 3.05) is 5.32 Å². The number of carbonyl (C=O) groups excluding carboxylic acids is 2. The van der Waals surface area contributed by atoms with Crippen LogP contribution < -0.4 is 5.32 Å². The number of nitrogens with one attached hydrogen (secondary N) is 1. The highest BCUT2D eigenvalue weighted by Gasteiger charge is 2.42. The van der Waals surface area contributed by atoms with E-state index in [2.05, 4.69) is 17.2 Å². The van der Waals surface area contributed by atoms with Gasteiger partial charge in [0.1, 0.15) is 12.4 Å². The van der Waals surface area contributed by atoms with Gasteiger partial charge in [-0.15, -0.1) is 0 Å². The monoisotopic (exact) mass is 536 g/mol. The summed E-state index contributed by atoms with van der Waals surface area (Å²) < 4.78 is 19.0. The number of nitro groups is 1. The molecule has 3 aromatic rings. The molecule has 0 saturated heterocycles. The number of anilines is 1. The van der Waals surface area contributed by atoms with Crippen LogP contribution in [0.1, 0.15) is 47.3 Å². The van der Waals surface area contributed by atoms with E-state index in [0.717, 1.165) is 0 Å². The van der Waals surface area contributed by atoms with Crippen molar-refractivity contribution in [3.63, 3.8) is 0 Å². The number of aliphatic hydroxyl groups is 1. The standard InChI is InChI=1S/C28H22ClFN2O6/c1-27(2,23-14-19(30)5-10-24(23)29)16-28(35,12-11-17-3-7-21(8-4-17)32(36)37)26(34)31-20-6-9-22-18(13-20)15-38-25(22)33/h3-10,13-14,35H,15-16H2,1-2H3,(H,31,34). The molecule has 1 unspecified atom stereocenters. The summed E-state index contributed by atoms with van der Waals surface area (Å²) in [6, 6.07) is 13.7. The summed E-state index contributed by atoms with van der Waals surface area (Å²) in [4.78, 5) is 35.6. The summed E-state index contributed by atoms with van der Waals surface area (Å²) in [5.74, 6) is 3.46. The average molecular weight is 537 g/mol. The predicted molar refractivity (Wildman–Crippen MR) is 138 cm³/mol. The highest BCUT2D eigenvalue weighted by Crippen LogP contribution is 2.37. The summed E-state index contributed by atoms with van der Waals surface area (Å²) in [6.07, 6.45) is -0.276. The zero-order chi connectivity index (χ0) is 27.7. The fourth-order valence-electron chi connectivity index (χ4n) is 4.22. The normalized spacial score (nSPS) is 14.0. The van der Waals surface area contributed by atoms with E-state index in [4.69, 9.17) is 16.3 Å². The molecular formula is C28H22ClFN2O6. The van der Waals surface area contributed by atoms with E-state index in [1.807, 2.05) is 0 Å². The fraction of sp³-hybridized carbons (Fsp3) is 0.214. The molecule has 0 spiro atoms. The Morgan fingerprint density at radius 2 is 1.89 bits per heavy atom. The second-order valence-corrected chi connectivity index (χ2v) is 9.91. The second kappa shape index (κ2) is 10.2. The van der Waals surface area contributed by atoms with Crippen molar-refractivity contribution in [1.82, 2.24) is 0 Å². The van der Waals surface area contributed by atoms with Crippen LogP contribution in [0.2, 0.25) is 5.02 Å². The Labute approximate surface area is 222 Å². The summed E-state index contributed by atoms with van der Waals surface area (Å²) >= 11 is 6.32. The van der Waals surface area contributed by atoms with Gasteiger partial charge in [-0.05, 0) is 59.5 Å². The fourth-order valence-corrected chi connectivity index (χ4v) is 4.59. The molecule has 38 heavy (non-hydrogen) atoms. The van der Waals surface area contributed by atoms with Gasteiger partial charge in [-0.3, -0.25) is 14.9 Å². The van der Waals surface area contributed by atoms with Crippen molar-refractivity contribution in [3.8, 4) is 11.8 Å². The molecule has 3 aromatic carbocycles. The Hall–Kier alpha value is -4.26. The summed E-state index contributed by atoms with van der Waals surface area (Å²) in [6.45, 7) is 3.45. The van der Waals surface area contributed by atoms with Gasteiger partial charge >= 0.3 is 5.97 Å². The van der Waals surface area contributed by atoms with E-state index in [-0.39, 0.29) is 23.7 Å². The number of benzene rings is 3. The van der Waals surface area contributed by atoms with Gasteiger partial charge in [-0.2, -0.15) is 0 Å². The minimum absolute atomic E-state index is 0.0627. The van der Waals surface area contributed by atoms with E-state index >= 15 is 0 Å². The van der Waals surface area contributed by atoms with Gasteiger partial charge in [-0.1, -0.05) is 37.3 Å². The molecule has 0 aromatic heterocycles. The number of halogens is 2. The first-order valence-electron chi connectivity index (χ1n) is 11.4. The lowest BCUT2D eigenvalue weighted by atomic mass is 9.75. The van der Waals surface area contributed by atoms with E-state index in [1.54, 1.807) is 19.9 Å². The van der Waals surface area contributed by atoms with E-state index in [9.17, 15) is 29.2 Å². The van der Waals surface area contributed by atoms with Crippen LogP contribution >= 0.6 is 11.6 Å². The van der Waals surface area contributed by atoms with Crippen molar-refractivity contribution in [1.29, 1.82) is 0 Å². The predicted octanol–water partition coefficient (Wildman–Crippen LogP) is 5.15. The van der Waals surface area contributed by atoms with Gasteiger partial charge in [0.25, 0.3) is 11.6 Å². The maximum absolute atomic E-state index is 14.0. The Kier molecular flexibility index (Phi) is 7.22. The maximum Gasteiger partial charge on any atom is 0.338 e. The molecule has 1 atom stereocenters. The molecule has 1 amide bonds. The molecular weight excluding hydrogens is 515 g/mol. The third kappa shape index (κ3) is 5.67. The quantitative estimate of drug-likeness (QED) is 0.195. The molecule has 8 nitrogen and oxygen atoms in total. The van der Waals surface area contributed by atoms with Gasteiger partial charge in [0.05, 0.1) is 10.5 Å². The van der Waals surface area contributed by atoms with Crippen LogP contribution in [0, 0.1) is 27.8 Å². The highest BCUT2D eigenvalue weighted by molar-refractivity contribution is 6.31. The number of non-ortho nitro benzene ring substituents is 1. The third-order valence-electron chi connectivity index (χ3n) is 6.16. The number of nitro benzene ring substituents is 1. The molecule has 0 saturated carbocycles. The molecule has 1 heterocycles. The first-order valence-corrected chi connectivity index (χ1v) is 11.8. The SMILES string of the molecule is CC(C)(CC(O)(C#Cc1ccc([N+](=O)[O-])cc1)C(=O)Nc1ccc2c(c1)COC2=O)c1cc(F)ccc1Cl. The van der Waals surface area contributed by atoms with Crippen LogP contribution in [0.5, 0.6) is 0 Å². The maximum atomic E-state index is 14.0. The highest BCUT2D eigenvalue weighted by atomic mass is 35.5. The number of hydrogen-bond donors (Lipinski definition) is 2.